The van der Waals surface area contributed by atoms with Crippen molar-refractivity contribution in [3.8, 4) is 0 Å². The van der Waals surface area contributed by atoms with Gasteiger partial charge in [0, 0.05) is 13.3 Å². The first-order valence-electron chi connectivity index (χ1n) is 6.06. The van der Waals surface area contributed by atoms with Crippen LogP contribution >= 0.6 is 11.3 Å². The van der Waals surface area contributed by atoms with Crippen molar-refractivity contribution in [1.82, 2.24) is 0 Å². The SMILES string of the molecule is CC(=O)O[C@@H]1CC[N+](C)(CC(=O)c2cccs2)C1. The number of likely N-dealkylation sites (N-methyl/N-ethyl adjacent to an activating group) is 1. The summed E-state index contributed by atoms with van der Waals surface area (Å²) >= 11 is 1.48. The Kier molecular flexibility index (Phi) is 3.82. The van der Waals surface area contributed by atoms with Gasteiger partial charge in [0.15, 0.2) is 6.10 Å². The highest BCUT2D eigenvalue weighted by Crippen LogP contribution is 2.21. The normalized spacial score (nSPS) is 27.1. The zero-order valence-electron chi connectivity index (χ0n) is 10.7. The summed E-state index contributed by atoms with van der Waals surface area (Å²) in [4.78, 5) is 23.8. The number of rotatable bonds is 4. The van der Waals surface area contributed by atoms with E-state index in [0.29, 0.717) is 11.0 Å². The summed E-state index contributed by atoms with van der Waals surface area (Å²) in [6.45, 7) is 3.53. The van der Waals surface area contributed by atoms with Crippen LogP contribution in [0.5, 0.6) is 0 Å². The average Bonchev–Trinajstić information content (AvgIpc) is 2.87. The summed E-state index contributed by atoms with van der Waals surface area (Å²) in [6.07, 6.45) is 0.803. The molecule has 1 aliphatic heterocycles. The van der Waals surface area contributed by atoms with Crippen molar-refractivity contribution < 1.29 is 18.8 Å². The van der Waals surface area contributed by atoms with Crippen LogP contribution in [0.2, 0.25) is 0 Å². The highest BCUT2D eigenvalue weighted by atomic mass is 32.1. The minimum Gasteiger partial charge on any atom is -0.456 e. The number of ketones is 1. The van der Waals surface area contributed by atoms with Gasteiger partial charge in [-0.25, -0.2) is 0 Å². The average molecular weight is 268 g/mol. The molecule has 1 fully saturated rings. The first-order chi connectivity index (χ1) is 8.48. The number of hydrogen-bond acceptors (Lipinski definition) is 4. The van der Waals surface area contributed by atoms with Gasteiger partial charge in [-0.05, 0) is 11.4 Å². The smallest absolute Gasteiger partial charge is 0.303 e. The molecule has 1 aromatic rings. The molecule has 0 saturated carbocycles. The number of Topliss-reactive ketones (excluding diaryl/α,β-unsaturated/α-hetero) is 1. The van der Waals surface area contributed by atoms with Crippen molar-refractivity contribution in [3.63, 3.8) is 0 Å². The number of quaternary nitrogens is 1. The molecule has 1 aliphatic rings. The van der Waals surface area contributed by atoms with Gasteiger partial charge in [0.05, 0.1) is 18.5 Å². The first-order valence-corrected chi connectivity index (χ1v) is 6.94. The fourth-order valence-corrected chi connectivity index (χ4v) is 3.12. The van der Waals surface area contributed by atoms with Gasteiger partial charge < -0.3 is 9.22 Å². The van der Waals surface area contributed by atoms with Crippen LogP contribution in [0.1, 0.15) is 23.0 Å². The van der Waals surface area contributed by atoms with Crippen LogP contribution < -0.4 is 0 Å². The first kappa shape index (κ1) is 13.2. The summed E-state index contributed by atoms with van der Waals surface area (Å²) in [5.41, 5.74) is 0. The number of ether oxygens (including phenoxy) is 1. The molecule has 2 atom stereocenters. The number of carbonyl (C=O) groups is 2. The van der Waals surface area contributed by atoms with E-state index in [4.69, 9.17) is 4.74 Å². The molecular formula is C13H18NO3S+. The molecular weight excluding hydrogens is 250 g/mol. The topological polar surface area (TPSA) is 43.4 Å². The summed E-state index contributed by atoms with van der Waals surface area (Å²) in [5, 5.41) is 1.92. The van der Waals surface area contributed by atoms with Crippen LogP contribution in [-0.4, -0.2) is 49.0 Å². The van der Waals surface area contributed by atoms with Gasteiger partial charge in [0.1, 0.15) is 13.1 Å². The lowest BCUT2D eigenvalue weighted by Gasteiger charge is -2.28. The van der Waals surface area contributed by atoms with E-state index in [1.165, 1.54) is 18.3 Å². The van der Waals surface area contributed by atoms with Crippen LogP contribution in [0.25, 0.3) is 0 Å². The van der Waals surface area contributed by atoms with Crippen LogP contribution in [0, 0.1) is 0 Å². The number of carbonyl (C=O) groups excluding carboxylic acids is 2. The summed E-state index contributed by atoms with van der Waals surface area (Å²) in [7, 11) is 2.05. The van der Waals surface area contributed by atoms with Crippen molar-refractivity contribution >= 4 is 23.1 Å². The maximum atomic E-state index is 12.1. The molecule has 0 aromatic carbocycles. The number of hydrogen-bond donors (Lipinski definition) is 0. The van der Waals surface area contributed by atoms with Crippen LogP contribution in [0.15, 0.2) is 17.5 Å². The van der Waals surface area contributed by atoms with Gasteiger partial charge in [0.2, 0.25) is 5.78 Å². The zero-order valence-corrected chi connectivity index (χ0v) is 11.5. The van der Waals surface area contributed by atoms with Crippen LogP contribution in [0.3, 0.4) is 0 Å². The summed E-state index contributed by atoms with van der Waals surface area (Å²) in [5.74, 6) is -0.0611. The lowest BCUT2D eigenvalue weighted by atomic mass is 10.3. The maximum Gasteiger partial charge on any atom is 0.303 e. The fourth-order valence-electron chi connectivity index (χ4n) is 2.47. The summed E-state index contributed by atoms with van der Waals surface area (Å²) in [6, 6.07) is 3.75. The Labute approximate surface area is 111 Å². The molecule has 0 bridgehead atoms. The van der Waals surface area contributed by atoms with Gasteiger partial charge in [-0.2, -0.15) is 0 Å². The van der Waals surface area contributed by atoms with Gasteiger partial charge >= 0.3 is 5.97 Å². The standard InChI is InChI=1S/C13H18NO3S/c1-10(15)17-11-5-6-14(2,8-11)9-12(16)13-4-3-7-18-13/h3-4,7,11H,5-6,8-9H2,1-2H3/q+1/t11-,14?/m1/s1. The van der Waals surface area contributed by atoms with Gasteiger partial charge in [0.25, 0.3) is 0 Å². The maximum absolute atomic E-state index is 12.1. The van der Waals surface area contributed by atoms with Crippen molar-refractivity contribution in [1.29, 1.82) is 0 Å². The molecule has 0 amide bonds. The predicted octanol–water partition coefficient (Wildman–Crippen LogP) is 1.71. The quantitative estimate of drug-likeness (QED) is 0.474. The molecule has 0 radical (unpaired) electrons. The molecule has 0 aliphatic carbocycles. The Morgan fingerprint density at radius 2 is 2.33 bits per heavy atom. The molecule has 1 aromatic heterocycles. The van der Waals surface area contributed by atoms with Gasteiger partial charge in [-0.3, -0.25) is 9.59 Å². The Morgan fingerprint density at radius 3 is 2.94 bits per heavy atom. The van der Waals surface area contributed by atoms with Crippen molar-refractivity contribution in [3.05, 3.63) is 22.4 Å². The van der Waals surface area contributed by atoms with E-state index in [1.807, 2.05) is 17.5 Å². The molecule has 0 spiro atoms. The Hall–Kier alpha value is -1.20. The third-order valence-corrected chi connectivity index (χ3v) is 4.20. The van der Waals surface area contributed by atoms with E-state index in [9.17, 15) is 9.59 Å². The highest BCUT2D eigenvalue weighted by Gasteiger charge is 2.38. The Bertz CT molecular complexity index is 443. The molecule has 18 heavy (non-hydrogen) atoms. The van der Waals surface area contributed by atoms with Crippen LogP contribution in [0.4, 0.5) is 0 Å². The molecule has 2 heterocycles. The van der Waals surface area contributed by atoms with E-state index in [1.54, 1.807) is 0 Å². The van der Waals surface area contributed by atoms with Crippen molar-refractivity contribution in [2.45, 2.75) is 19.4 Å². The second kappa shape index (κ2) is 5.20. The zero-order chi connectivity index (χ0) is 13.2. The molecule has 1 saturated heterocycles. The number of likely N-dealkylation sites (tertiary alicyclic amines) is 1. The fraction of sp³-hybridized carbons (Fsp3) is 0.538. The molecule has 2 rings (SSSR count). The minimum absolute atomic E-state index is 0.0383. The van der Waals surface area contributed by atoms with Crippen molar-refractivity contribution in [2.24, 2.45) is 0 Å². The Balaban J connectivity index is 1.93. The second-order valence-electron chi connectivity index (χ2n) is 5.10. The lowest BCUT2D eigenvalue weighted by molar-refractivity contribution is -0.890. The van der Waals surface area contributed by atoms with E-state index in [-0.39, 0.29) is 17.9 Å². The molecule has 98 valence electrons. The van der Waals surface area contributed by atoms with E-state index in [2.05, 4.69) is 7.05 Å². The van der Waals surface area contributed by atoms with Crippen molar-refractivity contribution in [2.75, 3.05) is 26.7 Å². The molecule has 4 nitrogen and oxygen atoms in total. The molecule has 0 N–H and O–H groups in total. The third kappa shape index (κ3) is 3.17. The van der Waals surface area contributed by atoms with Gasteiger partial charge in [-0.1, -0.05) is 6.07 Å². The predicted molar refractivity (Wildman–Crippen MR) is 69.6 cm³/mol. The number of esters is 1. The number of thiophene rings is 1. The van der Waals surface area contributed by atoms with E-state index in [0.717, 1.165) is 24.4 Å². The second-order valence-corrected chi connectivity index (χ2v) is 6.05. The van der Waals surface area contributed by atoms with Gasteiger partial charge in [-0.15, -0.1) is 11.3 Å². The third-order valence-electron chi connectivity index (χ3n) is 3.29. The minimum atomic E-state index is -0.238. The largest absolute Gasteiger partial charge is 0.456 e. The van der Waals surface area contributed by atoms with E-state index < -0.39 is 0 Å². The number of nitrogens with zero attached hydrogens (tertiary/aromatic N) is 1. The summed E-state index contributed by atoms with van der Waals surface area (Å²) < 4.78 is 5.88. The highest BCUT2D eigenvalue weighted by molar-refractivity contribution is 7.12. The lowest BCUT2D eigenvalue weighted by Crippen LogP contribution is -2.46. The van der Waals surface area contributed by atoms with E-state index >= 15 is 0 Å². The molecule has 5 heteroatoms. The van der Waals surface area contributed by atoms with Crippen LogP contribution in [-0.2, 0) is 9.53 Å². The molecule has 1 unspecified atom stereocenters. The Morgan fingerprint density at radius 1 is 1.56 bits per heavy atom. The monoisotopic (exact) mass is 268 g/mol.